The van der Waals surface area contributed by atoms with Gasteiger partial charge in [-0.05, 0) is 13.0 Å². The van der Waals surface area contributed by atoms with Crippen LogP contribution in [0.4, 0.5) is 8.78 Å². The fourth-order valence-corrected chi connectivity index (χ4v) is 2.06. The van der Waals surface area contributed by atoms with Gasteiger partial charge in [-0.25, -0.2) is 8.78 Å². The van der Waals surface area contributed by atoms with Gasteiger partial charge in [0, 0.05) is 24.2 Å². The number of aryl methyl sites for hydroxylation is 1. The predicted octanol–water partition coefficient (Wildman–Crippen LogP) is 1.11. The lowest BCUT2D eigenvalue weighted by atomic mass is 10.1. The number of nitrogens with zero attached hydrogens (tertiary/aromatic N) is 1. The highest BCUT2D eigenvalue weighted by molar-refractivity contribution is 5.98. The summed E-state index contributed by atoms with van der Waals surface area (Å²) >= 11 is 0. The lowest BCUT2D eigenvalue weighted by Gasteiger charge is -2.11. The molecule has 0 radical (unpaired) electrons. The molecule has 2 N–H and O–H groups in total. The number of nitrogens with one attached hydrogen (secondary N) is 1. The maximum Gasteiger partial charge on any atom is 0.322 e. The molecule has 1 aromatic heterocycles. The van der Waals surface area contributed by atoms with Gasteiger partial charge >= 0.3 is 5.97 Å². The third-order valence-corrected chi connectivity index (χ3v) is 3.11. The number of carbonyl (C=O) groups excluding carboxylic acids is 1. The largest absolute Gasteiger partial charge is 0.480 e. The van der Waals surface area contributed by atoms with E-state index in [9.17, 15) is 23.2 Å². The van der Waals surface area contributed by atoms with Crippen molar-refractivity contribution in [1.29, 1.82) is 0 Å². The zero-order valence-corrected chi connectivity index (χ0v) is 11.5. The lowest BCUT2D eigenvalue weighted by Crippen LogP contribution is -2.33. The monoisotopic (exact) mass is 310 g/mol. The fourth-order valence-electron chi connectivity index (χ4n) is 2.06. The number of amides is 1. The van der Waals surface area contributed by atoms with Crippen LogP contribution >= 0.6 is 0 Å². The van der Waals surface area contributed by atoms with Crippen molar-refractivity contribution in [2.75, 3.05) is 6.54 Å². The Labute approximate surface area is 123 Å². The molecule has 0 aliphatic rings. The summed E-state index contributed by atoms with van der Waals surface area (Å²) in [5.41, 5.74) is -0.968. The van der Waals surface area contributed by atoms with Gasteiger partial charge in [-0.3, -0.25) is 14.4 Å². The number of benzene rings is 1. The van der Waals surface area contributed by atoms with Gasteiger partial charge in [0.25, 0.3) is 5.91 Å². The molecule has 0 saturated carbocycles. The Bertz CT molecular complexity index is 830. The molecule has 1 amide bonds. The maximum absolute atomic E-state index is 13.3. The first-order valence-corrected chi connectivity index (χ1v) is 6.37. The first-order chi connectivity index (χ1) is 10.3. The van der Waals surface area contributed by atoms with Gasteiger partial charge in [-0.2, -0.15) is 0 Å². The van der Waals surface area contributed by atoms with Crippen molar-refractivity contribution < 1.29 is 23.5 Å². The normalized spacial score (nSPS) is 10.7. The van der Waals surface area contributed by atoms with Crippen molar-refractivity contribution in [3.8, 4) is 0 Å². The fraction of sp³-hybridized carbons (Fsp3) is 0.214. The SMILES string of the molecule is CCn1cc(C(=O)NCC(=O)O)c(=O)c2cc(F)c(F)cc21. The van der Waals surface area contributed by atoms with Gasteiger partial charge in [0.1, 0.15) is 12.1 Å². The third kappa shape index (κ3) is 2.80. The van der Waals surface area contributed by atoms with E-state index in [4.69, 9.17) is 5.11 Å². The van der Waals surface area contributed by atoms with Crippen LogP contribution < -0.4 is 10.7 Å². The molecule has 0 fully saturated rings. The summed E-state index contributed by atoms with van der Waals surface area (Å²) in [4.78, 5) is 34.6. The quantitative estimate of drug-likeness (QED) is 0.885. The highest BCUT2D eigenvalue weighted by Crippen LogP contribution is 2.17. The number of hydrogen-bond donors (Lipinski definition) is 2. The number of aliphatic carboxylic acids is 1. The number of halogens is 2. The first kappa shape index (κ1) is 15.6. The average molecular weight is 310 g/mol. The summed E-state index contributed by atoms with van der Waals surface area (Å²) in [6.45, 7) is 1.35. The number of pyridine rings is 1. The molecular weight excluding hydrogens is 298 g/mol. The van der Waals surface area contributed by atoms with E-state index in [0.717, 1.165) is 12.1 Å². The lowest BCUT2D eigenvalue weighted by molar-refractivity contribution is -0.135. The molecule has 1 heterocycles. The van der Waals surface area contributed by atoms with Crippen LogP contribution in [-0.2, 0) is 11.3 Å². The van der Waals surface area contributed by atoms with Gasteiger partial charge in [-0.15, -0.1) is 0 Å². The number of carboxylic acids is 1. The first-order valence-electron chi connectivity index (χ1n) is 6.37. The summed E-state index contributed by atoms with van der Waals surface area (Å²) in [5.74, 6) is -4.45. The number of hydrogen-bond acceptors (Lipinski definition) is 3. The van der Waals surface area contributed by atoms with Gasteiger partial charge in [0.15, 0.2) is 11.6 Å². The molecule has 2 aromatic rings. The van der Waals surface area contributed by atoms with E-state index in [-0.39, 0.29) is 16.5 Å². The van der Waals surface area contributed by atoms with Crippen LogP contribution in [0, 0.1) is 11.6 Å². The zero-order chi connectivity index (χ0) is 16.4. The van der Waals surface area contributed by atoms with Crippen LogP contribution in [0.1, 0.15) is 17.3 Å². The van der Waals surface area contributed by atoms with E-state index >= 15 is 0 Å². The van der Waals surface area contributed by atoms with Gasteiger partial charge in [0.05, 0.1) is 5.52 Å². The zero-order valence-electron chi connectivity index (χ0n) is 11.5. The molecule has 116 valence electrons. The highest BCUT2D eigenvalue weighted by Gasteiger charge is 2.17. The molecule has 0 saturated heterocycles. The van der Waals surface area contributed by atoms with Gasteiger partial charge in [-0.1, -0.05) is 0 Å². The maximum atomic E-state index is 13.3. The third-order valence-electron chi connectivity index (χ3n) is 3.11. The number of aromatic nitrogens is 1. The minimum atomic E-state index is -1.27. The summed E-state index contributed by atoms with van der Waals surface area (Å²) in [7, 11) is 0. The summed E-state index contributed by atoms with van der Waals surface area (Å²) in [6.07, 6.45) is 1.19. The second-order valence-electron chi connectivity index (χ2n) is 4.52. The molecule has 0 bridgehead atoms. The Hall–Kier alpha value is -2.77. The van der Waals surface area contributed by atoms with Crippen molar-refractivity contribution in [2.45, 2.75) is 13.5 Å². The molecule has 0 aliphatic carbocycles. The molecule has 6 nitrogen and oxygen atoms in total. The van der Waals surface area contributed by atoms with Crippen LogP contribution in [0.3, 0.4) is 0 Å². The van der Waals surface area contributed by atoms with E-state index in [1.807, 2.05) is 0 Å². The minimum Gasteiger partial charge on any atom is -0.480 e. The van der Waals surface area contributed by atoms with Crippen LogP contribution in [0.5, 0.6) is 0 Å². The van der Waals surface area contributed by atoms with E-state index in [1.165, 1.54) is 10.8 Å². The van der Waals surface area contributed by atoms with Crippen LogP contribution in [0.25, 0.3) is 10.9 Å². The Morgan fingerprint density at radius 3 is 2.50 bits per heavy atom. The van der Waals surface area contributed by atoms with E-state index in [0.29, 0.717) is 6.54 Å². The van der Waals surface area contributed by atoms with Crippen molar-refractivity contribution in [1.82, 2.24) is 9.88 Å². The van der Waals surface area contributed by atoms with Crippen LogP contribution in [-0.4, -0.2) is 28.1 Å². The number of carbonyl (C=O) groups is 2. The van der Waals surface area contributed by atoms with E-state index in [1.54, 1.807) is 6.92 Å². The molecule has 0 spiro atoms. The Morgan fingerprint density at radius 1 is 1.27 bits per heavy atom. The number of fused-ring (bicyclic) bond motifs is 1. The average Bonchev–Trinajstić information content (AvgIpc) is 2.47. The van der Waals surface area contributed by atoms with Crippen molar-refractivity contribution in [3.63, 3.8) is 0 Å². The minimum absolute atomic E-state index is 0.149. The topological polar surface area (TPSA) is 88.4 Å². The van der Waals surface area contributed by atoms with Crippen molar-refractivity contribution in [2.24, 2.45) is 0 Å². The summed E-state index contributed by atoms with van der Waals surface area (Å²) < 4.78 is 28.1. The number of rotatable bonds is 4. The standard InChI is InChI=1S/C14H12F2N2O4/c1-2-18-6-8(14(22)17-5-12(19)20)13(21)7-3-9(15)10(16)4-11(7)18/h3-4,6H,2,5H2,1H3,(H,17,22)(H,19,20). The smallest absolute Gasteiger partial charge is 0.322 e. The molecule has 22 heavy (non-hydrogen) atoms. The van der Waals surface area contributed by atoms with Gasteiger partial charge in [0.2, 0.25) is 5.43 Å². The highest BCUT2D eigenvalue weighted by atomic mass is 19.2. The Balaban J connectivity index is 2.64. The van der Waals surface area contributed by atoms with Crippen LogP contribution in [0.2, 0.25) is 0 Å². The molecule has 0 unspecified atom stereocenters. The van der Waals surface area contributed by atoms with Crippen molar-refractivity contribution in [3.05, 3.63) is 45.8 Å². The predicted molar refractivity (Wildman–Crippen MR) is 73.8 cm³/mol. The second kappa shape index (κ2) is 5.92. The summed E-state index contributed by atoms with van der Waals surface area (Å²) in [5, 5.41) is 10.4. The molecular formula is C14H12F2N2O4. The summed E-state index contributed by atoms with van der Waals surface area (Å²) in [6, 6.07) is 1.61. The molecule has 0 atom stereocenters. The molecule has 0 aliphatic heterocycles. The van der Waals surface area contributed by atoms with Crippen molar-refractivity contribution >= 4 is 22.8 Å². The van der Waals surface area contributed by atoms with Gasteiger partial charge < -0.3 is 15.0 Å². The molecule has 1 aromatic carbocycles. The van der Waals surface area contributed by atoms with E-state index < -0.39 is 35.5 Å². The number of carboxylic acid groups (broad SMARTS) is 1. The second-order valence-corrected chi connectivity index (χ2v) is 4.52. The Kier molecular flexibility index (Phi) is 4.20. The molecule has 2 rings (SSSR count). The van der Waals surface area contributed by atoms with E-state index in [2.05, 4.69) is 5.32 Å². The Morgan fingerprint density at radius 2 is 1.91 bits per heavy atom. The molecule has 8 heteroatoms. The van der Waals surface area contributed by atoms with Crippen LogP contribution in [0.15, 0.2) is 23.1 Å².